The number of hydrogen-bond acceptors (Lipinski definition) is 4. The van der Waals surface area contributed by atoms with Crippen LogP contribution in [0.4, 0.5) is 0 Å². The van der Waals surface area contributed by atoms with Gasteiger partial charge in [0, 0.05) is 11.1 Å². The van der Waals surface area contributed by atoms with E-state index in [-0.39, 0.29) is 20.9 Å². The number of sulfone groups is 1. The summed E-state index contributed by atoms with van der Waals surface area (Å²) in [5.41, 5.74) is 0.283. The number of benzene rings is 2. The second kappa shape index (κ2) is 5.97. The second-order valence-electron chi connectivity index (χ2n) is 4.10. The molecular formula is C14H8Cl2O4S. The van der Waals surface area contributed by atoms with Crippen molar-refractivity contribution < 1.29 is 18.0 Å². The fourth-order valence-corrected chi connectivity index (χ4v) is 3.24. The molecule has 0 saturated heterocycles. The zero-order valence-electron chi connectivity index (χ0n) is 10.4. The molecule has 2 aromatic carbocycles. The third-order valence-corrected chi connectivity index (χ3v) is 4.97. The molecule has 0 radical (unpaired) electrons. The maximum atomic E-state index is 12.4. The number of carbonyl (C=O) groups excluding carboxylic acids is 2. The highest BCUT2D eigenvalue weighted by Gasteiger charge is 2.19. The lowest BCUT2D eigenvalue weighted by Crippen LogP contribution is -2.04. The van der Waals surface area contributed by atoms with Crippen molar-refractivity contribution in [1.82, 2.24) is 0 Å². The zero-order chi connectivity index (χ0) is 15.6. The van der Waals surface area contributed by atoms with Crippen molar-refractivity contribution in [3.8, 4) is 0 Å². The van der Waals surface area contributed by atoms with Crippen molar-refractivity contribution in [2.75, 3.05) is 0 Å². The van der Waals surface area contributed by atoms with Crippen molar-refractivity contribution in [2.24, 2.45) is 0 Å². The molecule has 0 amide bonds. The molecule has 0 N–H and O–H groups in total. The van der Waals surface area contributed by atoms with Gasteiger partial charge in [-0.25, -0.2) is 8.42 Å². The Bertz CT molecular complexity index is 811. The largest absolute Gasteiger partial charge is 0.276 e. The Labute approximate surface area is 131 Å². The molecule has 0 aliphatic heterocycles. The van der Waals surface area contributed by atoms with Crippen molar-refractivity contribution in [3.63, 3.8) is 0 Å². The van der Waals surface area contributed by atoms with Gasteiger partial charge in [0.15, 0.2) is 0 Å². The van der Waals surface area contributed by atoms with Crippen LogP contribution in [0, 0.1) is 0 Å². The molecule has 7 heteroatoms. The third-order valence-electron chi connectivity index (χ3n) is 2.76. The van der Waals surface area contributed by atoms with Gasteiger partial charge < -0.3 is 0 Å². The second-order valence-corrected chi connectivity index (χ2v) is 6.74. The first kappa shape index (κ1) is 15.7. The van der Waals surface area contributed by atoms with E-state index in [0.29, 0.717) is 0 Å². The Morgan fingerprint density at radius 2 is 1.33 bits per heavy atom. The molecule has 0 spiro atoms. The minimum Gasteiger partial charge on any atom is -0.276 e. The van der Waals surface area contributed by atoms with Gasteiger partial charge in [0.2, 0.25) is 9.84 Å². The Morgan fingerprint density at radius 3 is 1.86 bits per heavy atom. The first-order valence-corrected chi connectivity index (χ1v) is 7.91. The smallest absolute Gasteiger partial charge is 0.252 e. The summed E-state index contributed by atoms with van der Waals surface area (Å²) in [6.45, 7) is 0. The van der Waals surface area contributed by atoms with E-state index in [1.807, 2.05) is 0 Å². The number of rotatable bonds is 4. The van der Waals surface area contributed by atoms with Crippen LogP contribution >= 0.6 is 23.2 Å². The van der Waals surface area contributed by atoms with E-state index in [4.69, 9.17) is 23.2 Å². The first-order chi connectivity index (χ1) is 9.82. The van der Waals surface area contributed by atoms with E-state index >= 15 is 0 Å². The maximum Gasteiger partial charge on any atom is 0.252 e. The highest BCUT2D eigenvalue weighted by molar-refractivity contribution is 7.91. The van der Waals surface area contributed by atoms with Gasteiger partial charge in [-0.1, -0.05) is 12.1 Å². The average Bonchev–Trinajstić information content (AvgIpc) is 2.47. The van der Waals surface area contributed by atoms with E-state index < -0.39 is 20.3 Å². The molecular weight excluding hydrogens is 335 g/mol. The van der Waals surface area contributed by atoms with E-state index in [1.54, 1.807) is 0 Å². The Kier molecular flexibility index (Phi) is 4.46. The maximum absolute atomic E-state index is 12.4. The minimum atomic E-state index is -3.80. The van der Waals surface area contributed by atoms with E-state index in [0.717, 1.165) is 0 Å². The molecule has 0 saturated carbocycles. The molecule has 2 aromatic rings. The number of hydrogen-bond donors (Lipinski definition) is 0. The summed E-state index contributed by atoms with van der Waals surface area (Å²) < 4.78 is 24.8. The van der Waals surface area contributed by atoms with Gasteiger partial charge >= 0.3 is 0 Å². The van der Waals surface area contributed by atoms with Crippen LogP contribution in [0.2, 0.25) is 0 Å². The van der Waals surface area contributed by atoms with Gasteiger partial charge in [-0.05, 0) is 59.6 Å². The standard InChI is InChI=1S/C14H8Cl2O4S/c15-13(17)9-4-6-11(7-5-9)21(19,20)12-3-1-2-10(8-12)14(16)18/h1-8H. The molecule has 4 nitrogen and oxygen atoms in total. The van der Waals surface area contributed by atoms with E-state index in [2.05, 4.69) is 0 Å². The van der Waals surface area contributed by atoms with Gasteiger partial charge in [-0.2, -0.15) is 0 Å². The van der Waals surface area contributed by atoms with Crippen LogP contribution in [0.15, 0.2) is 58.3 Å². The fraction of sp³-hybridized carbons (Fsp3) is 0. The van der Waals surface area contributed by atoms with Crippen LogP contribution in [0.25, 0.3) is 0 Å². The molecule has 0 unspecified atom stereocenters. The van der Waals surface area contributed by atoms with Gasteiger partial charge in [-0.15, -0.1) is 0 Å². The first-order valence-electron chi connectivity index (χ1n) is 5.67. The lowest BCUT2D eigenvalue weighted by molar-refractivity contribution is 0.107. The summed E-state index contributed by atoms with van der Waals surface area (Å²) in [6, 6.07) is 10.6. The van der Waals surface area contributed by atoms with Crippen molar-refractivity contribution in [3.05, 3.63) is 59.7 Å². The quantitative estimate of drug-likeness (QED) is 0.799. The van der Waals surface area contributed by atoms with Gasteiger partial charge in [0.1, 0.15) is 0 Å². The van der Waals surface area contributed by atoms with Crippen LogP contribution in [-0.4, -0.2) is 18.9 Å². The summed E-state index contributed by atoms with van der Waals surface area (Å²) >= 11 is 10.6. The molecule has 0 aliphatic carbocycles. The van der Waals surface area contributed by atoms with Crippen LogP contribution in [-0.2, 0) is 9.84 Å². The van der Waals surface area contributed by atoms with Crippen LogP contribution in [0.1, 0.15) is 20.7 Å². The molecule has 0 fully saturated rings. The summed E-state index contributed by atoms with van der Waals surface area (Å²) in [7, 11) is -3.80. The summed E-state index contributed by atoms with van der Waals surface area (Å²) in [4.78, 5) is 22.0. The predicted molar refractivity (Wildman–Crippen MR) is 78.7 cm³/mol. The van der Waals surface area contributed by atoms with E-state index in [1.165, 1.54) is 48.5 Å². The monoisotopic (exact) mass is 342 g/mol. The van der Waals surface area contributed by atoms with Crippen molar-refractivity contribution in [2.45, 2.75) is 9.79 Å². The van der Waals surface area contributed by atoms with Gasteiger partial charge in [0.25, 0.3) is 10.5 Å². The Morgan fingerprint density at radius 1 is 0.762 bits per heavy atom. The van der Waals surface area contributed by atoms with E-state index in [9.17, 15) is 18.0 Å². The van der Waals surface area contributed by atoms with Crippen molar-refractivity contribution >= 4 is 43.5 Å². The SMILES string of the molecule is O=C(Cl)c1ccc(S(=O)(=O)c2cccc(C(=O)Cl)c2)cc1. The lowest BCUT2D eigenvalue weighted by atomic mass is 10.2. The Balaban J connectivity index is 2.49. The summed E-state index contributed by atoms with van der Waals surface area (Å²) in [5.74, 6) is 0. The highest BCUT2D eigenvalue weighted by Crippen LogP contribution is 2.23. The molecule has 0 heterocycles. The van der Waals surface area contributed by atoms with Crippen molar-refractivity contribution in [1.29, 1.82) is 0 Å². The molecule has 2 rings (SSSR count). The minimum absolute atomic E-state index is 0.0108. The molecule has 21 heavy (non-hydrogen) atoms. The molecule has 108 valence electrons. The summed E-state index contributed by atoms with van der Waals surface area (Å²) in [5, 5.41) is -1.41. The number of carbonyl (C=O) groups is 2. The Hall–Kier alpha value is -1.69. The molecule has 0 atom stereocenters. The number of halogens is 2. The van der Waals surface area contributed by atoms with Crippen LogP contribution in [0.3, 0.4) is 0 Å². The fourth-order valence-electron chi connectivity index (χ4n) is 1.69. The van der Waals surface area contributed by atoms with Crippen LogP contribution in [0.5, 0.6) is 0 Å². The van der Waals surface area contributed by atoms with Gasteiger partial charge in [-0.3, -0.25) is 9.59 Å². The lowest BCUT2D eigenvalue weighted by Gasteiger charge is -2.06. The predicted octanol–water partition coefficient (Wildman–Crippen LogP) is 3.28. The molecule has 0 bridgehead atoms. The summed E-state index contributed by atoms with van der Waals surface area (Å²) in [6.07, 6.45) is 0. The third kappa shape index (κ3) is 3.32. The highest BCUT2D eigenvalue weighted by atomic mass is 35.5. The molecule has 0 aromatic heterocycles. The zero-order valence-corrected chi connectivity index (χ0v) is 12.7. The normalized spacial score (nSPS) is 11.1. The van der Waals surface area contributed by atoms with Gasteiger partial charge in [0.05, 0.1) is 9.79 Å². The topological polar surface area (TPSA) is 68.3 Å². The average molecular weight is 343 g/mol. The van der Waals surface area contributed by atoms with Crippen LogP contribution < -0.4 is 0 Å². The molecule has 0 aliphatic rings.